The van der Waals surface area contributed by atoms with E-state index in [2.05, 4.69) is 10.4 Å². The van der Waals surface area contributed by atoms with Gasteiger partial charge in [0, 0.05) is 12.7 Å². The van der Waals surface area contributed by atoms with Crippen molar-refractivity contribution in [1.82, 2.24) is 15.1 Å². The predicted molar refractivity (Wildman–Crippen MR) is 88.1 cm³/mol. The summed E-state index contributed by atoms with van der Waals surface area (Å²) in [5, 5.41) is 15.9. The lowest BCUT2D eigenvalue weighted by atomic mass is 10.1. The summed E-state index contributed by atoms with van der Waals surface area (Å²) in [6.45, 7) is 3.91. The van der Waals surface area contributed by atoms with Crippen molar-refractivity contribution < 1.29 is 23.8 Å². The van der Waals surface area contributed by atoms with Crippen LogP contribution in [0.1, 0.15) is 47.6 Å². The Labute approximate surface area is 144 Å². The molecule has 2 N–H and O–H groups in total. The van der Waals surface area contributed by atoms with E-state index in [0.29, 0.717) is 0 Å². The highest BCUT2D eigenvalue weighted by Gasteiger charge is 2.25. The number of nitrogens with one attached hydrogen (secondary N) is 1. The van der Waals surface area contributed by atoms with Gasteiger partial charge in [-0.3, -0.25) is 9.48 Å². The number of aromatic nitrogens is 2. The van der Waals surface area contributed by atoms with E-state index in [1.165, 1.54) is 19.2 Å². The van der Waals surface area contributed by atoms with Gasteiger partial charge in [0.25, 0.3) is 5.91 Å². The number of amides is 1. The number of rotatable bonds is 6. The number of aryl methyl sites for hydroxylation is 1. The van der Waals surface area contributed by atoms with Gasteiger partial charge in [-0.15, -0.1) is 0 Å². The van der Waals surface area contributed by atoms with Gasteiger partial charge in [0.1, 0.15) is 5.69 Å². The fourth-order valence-corrected chi connectivity index (χ4v) is 2.49. The Bertz CT molecular complexity index is 801. The third-order valence-corrected chi connectivity index (χ3v) is 3.77. The molecule has 1 amide bonds. The van der Waals surface area contributed by atoms with Crippen LogP contribution in [-0.4, -0.2) is 33.9 Å². The average molecular weight is 349 g/mol. The Hall–Kier alpha value is -2.90. The molecule has 0 aliphatic rings. The molecule has 0 radical (unpaired) electrons. The summed E-state index contributed by atoms with van der Waals surface area (Å²) < 4.78 is 20.2. The van der Waals surface area contributed by atoms with Crippen LogP contribution in [0.3, 0.4) is 0 Å². The number of ether oxygens (including phenoxy) is 1. The van der Waals surface area contributed by atoms with E-state index in [0.717, 1.165) is 11.8 Å². The number of benzene rings is 1. The zero-order valence-corrected chi connectivity index (χ0v) is 14.4. The lowest BCUT2D eigenvalue weighted by Gasteiger charge is -2.15. The molecule has 2 rings (SSSR count). The molecule has 1 aromatic carbocycles. The second-order valence-electron chi connectivity index (χ2n) is 5.87. The van der Waals surface area contributed by atoms with Crippen LogP contribution in [0.15, 0.2) is 24.3 Å². The maximum atomic E-state index is 13.8. The first-order valence-electron chi connectivity index (χ1n) is 7.65. The van der Waals surface area contributed by atoms with Crippen LogP contribution >= 0.6 is 0 Å². The van der Waals surface area contributed by atoms with Crippen molar-refractivity contribution in [3.05, 3.63) is 47.0 Å². The molecule has 0 aliphatic heterocycles. The Morgan fingerprint density at radius 1 is 1.32 bits per heavy atom. The van der Waals surface area contributed by atoms with Gasteiger partial charge in [-0.25, -0.2) is 9.18 Å². The van der Waals surface area contributed by atoms with Crippen molar-refractivity contribution in [2.45, 2.75) is 25.8 Å². The van der Waals surface area contributed by atoms with Crippen LogP contribution < -0.4 is 10.1 Å². The van der Waals surface area contributed by atoms with Crippen molar-refractivity contribution in [3.8, 4) is 5.75 Å². The molecule has 1 aromatic heterocycles. The van der Waals surface area contributed by atoms with Gasteiger partial charge in [-0.2, -0.15) is 5.10 Å². The molecular weight excluding hydrogens is 329 g/mol. The van der Waals surface area contributed by atoms with E-state index in [4.69, 9.17) is 4.74 Å². The van der Waals surface area contributed by atoms with Gasteiger partial charge in [0.05, 0.1) is 7.11 Å². The lowest BCUT2D eigenvalue weighted by Crippen LogP contribution is -2.34. The molecule has 0 saturated carbocycles. The highest BCUT2D eigenvalue weighted by Crippen LogP contribution is 2.23. The van der Waals surface area contributed by atoms with Crippen LogP contribution in [0, 0.1) is 5.82 Å². The first-order valence-corrected chi connectivity index (χ1v) is 7.65. The molecule has 134 valence electrons. The molecule has 7 nitrogen and oxygen atoms in total. The third kappa shape index (κ3) is 3.96. The van der Waals surface area contributed by atoms with Crippen molar-refractivity contribution in [2.24, 2.45) is 7.05 Å². The standard InChI is InChI=1S/C17H20FN3O4/c1-9(2)13-8-12(20-21(13)3)16(22)19-15(17(23)24)10-5-6-14(25-4)11(18)7-10/h5-9,15H,1-4H3,(H,19,22)(H,23,24). The minimum atomic E-state index is -1.41. The van der Waals surface area contributed by atoms with Gasteiger partial charge in [0.2, 0.25) is 0 Å². The Kier molecular flexibility index (Phi) is 5.41. The number of aliphatic carboxylic acids is 1. The quantitative estimate of drug-likeness (QED) is 0.834. The lowest BCUT2D eigenvalue weighted by molar-refractivity contribution is -0.139. The molecule has 25 heavy (non-hydrogen) atoms. The molecule has 0 aliphatic carbocycles. The first kappa shape index (κ1) is 18.4. The number of halogens is 1. The van der Waals surface area contributed by atoms with Crippen molar-refractivity contribution >= 4 is 11.9 Å². The maximum absolute atomic E-state index is 13.8. The number of carbonyl (C=O) groups is 2. The Morgan fingerprint density at radius 3 is 2.48 bits per heavy atom. The van der Waals surface area contributed by atoms with Crippen LogP contribution in [-0.2, 0) is 11.8 Å². The topological polar surface area (TPSA) is 93.5 Å². The van der Waals surface area contributed by atoms with E-state index in [-0.39, 0.29) is 22.9 Å². The van der Waals surface area contributed by atoms with Crippen LogP contribution in [0.2, 0.25) is 0 Å². The summed E-state index contributed by atoms with van der Waals surface area (Å²) in [5.74, 6) is -2.51. The molecule has 0 saturated heterocycles. The fourth-order valence-electron chi connectivity index (χ4n) is 2.49. The van der Waals surface area contributed by atoms with E-state index in [9.17, 15) is 19.1 Å². The Morgan fingerprint density at radius 2 is 2.00 bits per heavy atom. The number of nitrogens with zero attached hydrogens (tertiary/aromatic N) is 2. The highest BCUT2D eigenvalue weighted by atomic mass is 19.1. The number of carbonyl (C=O) groups excluding carboxylic acids is 1. The molecule has 1 heterocycles. The fraction of sp³-hybridized carbons (Fsp3) is 0.353. The SMILES string of the molecule is COc1ccc(C(NC(=O)c2cc(C(C)C)n(C)n2)C(=O)O)cc1F. The second-order valence-corrected chi connectivity index (χ2v) is 5.87. The number of hydrogen-bond donors (Lipinski definition) is 2. The smallest absolute Gasteiger partial charge is 0.330 e. The molecule has 1 unspecified atom stereocenters. The molecule has 2 aromatic rings. The minimum Gasteiger partial charge on any atom is -0.494 e. The van der Waals surface area contributed by atoms with E-state index in [1.54, 1.807) is 17.8 Å². The van der Waals surface area contributed by atoms with Crippen molar-refractivity contribution in [3.63, 3.8) is 0 Å². The van der Waals surface area contributed by atoms with Crippen LogP contribution in [0.4, 0.5) is 4.39 Å². The van der Waals surface area contributed by atoms with Gasteiger partial charge >= 0.3 is 5.97 Å². The molecule has 8 heteroatoms. The normalized spacial score (nSPS) is 12.1. The first-order chi connectivity index (χ1) is 11.7. The van der Waals surface area contributed by atoms with Gasteiger partial charge in [0.15, 0.2) is 17.6 Å². The maximum Gasteiger partial charge on any atom is 0.330 e. The largest absolute Gasteiger partial charge is 0.494 e. The number of hydrogen-bond acceptors (Lipinski definition) is 4. The minimum absolute atomic E-state index is 0.00878. The van der Waals surface area contributed by atoms with Crippen LogP contribution in [0.5, 0.6) is 5.75 Å². The number of carboxylic acids is 1. The summed E-state index contributed by atoms with van der Waals surface area (Å²) in [6, 6.07) is 3.92. The molecule has 1 atom stereocenters. The van der Waals surface area contributed by atoms with Crippen molar-refractivity contribution in [2.75, 3.05) is 7.11 Å². The number of methoxy groups -OCH3 is 1. The Balaban J connectivity index is 2.27. The zero-order chi connectivity index (χ0) is 18.7. The molecule has 0 fully saturated rings. The second kappa shape index (κ2) is 7.33. The van der Waals surface area contributed by atoms with Crippen molar-refractivity contribution in [1.29, 1.82) is 0 Å². The van der Waals surface area contributed by atoms with E-state index < -0.39 is 23.7 Å². The van der Waals surface area contributed by atoms with Crippen LogP contribution in [0.25, 0.3) is 0 Å². The summed E-state index contributed by atoms with van der Waals surface area (Å²) in [5.41, 5.74) is 1.04. The number of carboxylic acid groups (broad SMARTS) is 1. The van der Waals surface area contributed by atoms with Gasteiger partial charge in [-0.05, 0) is 29.7 Å². The summed E-state index contributed by atoms with van der Waals surface area (Å²) >= 11 is 0. The van der Waals surface area contributed by atoms with E-state index >= 15 is 0 Å². The average Bonchev–Trinajstić information content (AvgIpc) is 2.94. The summed E-state index contributed by atoms with van der Waals surface area (Å²) in [7, 11) is 3.02. The van der Waals surface area contributed by atoms with E-state index in [1.807, 2.05) is 13.8 Å². The van der Waals surface area contributed by atoms with Gasteiger partial charge < -0.3 is 15.2 Å². The highest BCUT2D eigenvalue weighted by molar-refractivity contribution is 5.95. The zero-order valence-electron chi connectivity index (χ0n) is 14.4. The summed E-state index contributed by atoms with van der Waals surface area (Å²) in [4.78, 5) is 23.9. The molecular formula is C17H20FN3O4. The predicted octanol–water partition coefficient (Wildman–Crippen LogP) is 2.25. The third-order valence-electron chi connectivity index (χ3n) is 3.77. The van der Waals surface area contributed by atoms with Gasteiger partial charge in [-0.1, -0.05) is 19.9 Å². The summed E-state index contributed by atoms with van der Waals surface area (Å²) in [6.07, 6.45) is 0. The monoisotopic (exact) mass is 349 g/mol. The molecule has 0 spiro atoms. The molecule has 0 bridgehead atoms.